The van der Waals surface area contributed by atoms with Crippen LogP contribution in [0.4, 0.5) is 0 Å². The van der Waals surface area contributed by atoms with Gasteiger partial charge in [0.2, 0.25) is 11.0 Å². The first-order valence-electron chi connectivity index (χ1n) is 6.88. The predicted molar refractivity (Wildman–Crippen MR) is 78.9 cm³/mol. The van der Waals surface area contributed by atoms with E-state index in [2.05, 4.69) is 36.0 Å². The van der Waals surface area contributed by atoms with Crippen molar-refractivity contribution in [3.8, 4) is 0 Å². The highest BCUT2D eigenvalue weighted by Crippen LogP contribution is 2.22. The van der Waals surface area contributed by atoms with Crippen molar-refractivity contribution in [3.63, 3.8) is 0 Å². The van der Waals surface area contributed by atoms with Gasteiger partial charge in [-0.1, -0.05) is 39.0 Å². The first-order chi connectivity index (χ1) is 9.61. The molecule has 0 spiro atoms. The molecule has 0 bridgehead atoms. The van der Waals surface area contributed by atoms with Gasteiger partial charge in [-0.25, -0.2) is 9.66 Å². The molecule has 2 heterocycles. The molecule has 7 heteroatoms. The molecule has 0 radical (unpaired) electrons. The molecule has 0 aliphatic heterocycles. The molecule has 0 amide bonds. The summed E-state index contributed by atoms with van der Waals surface area (Å²) in [6.07, 6.45) is 4.82. The normalized spacial score (nSPS) is 11.4. The van der Waals surface area contributed by atoms with Gasteiger partial charge in [-0.2, -0.15) is 0 Å². The SMILES string of the molecule is CCCCc1nnc(SCc2ncc(C(C)C)o2)n1N. The van der Waals surface area contributed by atoms with Gasteiger partial charge in [0.05, 0.1) is 11.9 Å². The molecule has 2 aromatic rings. The smallest absolute Gasteiger partial charge is 0.210 e. The van der Waals surface area contributed by atoms with E-state index in [1.165, 1.54) is 11.8 Å². The maximum atomic E-state index is 5.98. The van der Waals surface area contributed by atoms with Crippen LogP contribution in [0.25, 0.3) is 0 Å². The lowest BCUT2D eigenvalue weighted by molar-refractivity contribution is 0.453. The van der Waals surface area contributed by atoms with Crippen LogP contribution in [0.15, 0.2) is 15.8 Å². The molecule has 110 valence electrons. The third-order valence-corrected chi connectivity index (χ3v) is 3.88. The van der Waals surface area contributed by atoms with Gasteiger partial charge in [-0.05, 0) is 6.42 Å². The van der Waals surface area contributed by atoms with E-state index < -0.39 is 0 Å². The van der Waals surface area contributed by atoms with Gasteiger partial charge in [0, 0.05) is 12.3 Å². The summed E-state index contributed by atoms with van der Waals surface area (Å²) < 4.78 is 7.21. The molecule has 0 aliphatic rings. The Hall–Kier alpha value is -1.50. The topological polar surface area (TPSA) is 82.8 Å². The molecule has 0 aliphatic carbocycles. The number of nitrogens with two attached hydrogens (primary N) is 1. The van der Waals surface area contributed by atoms with E-state index in [1.54, 1.807) is 10.9 Å². The van der Waals surface area contributed by atoms with Crippen LogP contribution < -0.4 is 5.84 Å². The Balaban J connectivity index is 1.94. The van der Waals surface area contributed by atoms with Crippen molar-refractivity contribution < 1.29 is 4.42 Å². The van der Waals surface area contributed by atoms with Crippen molar-refractivity contribution in [2.75, 3.05) is 5.84 Å². The van der Waals surface area contributed by atoms with Gasteiger partial charge in [-0.15, -0.1) is 10.2 Å². The number of hydrogen-bond donors (Lipinski definition) is 1. The Labute approximate surface area is 123 Å². The third-order valence-electron chi connectivity index (χ3n) is 2.95. The van der Waals surface area contributed by atoms with Gasteiger partial charge in [0.1, 0.15) is 5.76 Å². The number of nitrogens with zero attached hydrogens (tertiary/aromatic N) is 4. The maximum absolute atomic E-state index is 5.98. The fourth-order valence-corrected chi connectivity index (χ4v) is 2.42. The Morgan fingerprint density at radius 2 is 2.20 bits per heavy atom. The van der Waals surface area contributed by atoms with E-state index in [0.29, 0.717) is 22.7 Å². The van der Waals surface area contributed by atoms with Crippen LogP contribution in [0.5, 0.6) is 0 Å². The Morgan fingerprint density at radius 3 is 2.85 bits per heavy atom. The Kier molecular flexibility index (Phi) is 5.05. The average molecular weight is 295 g/mol. The second-order valence-corrected chi connectivity index (χ2v) is 5.91. The lowest BCUT2D eigenvalue weighted by Crippen LogP contribution is -2.14. The predicted octanol–water partition coefficient (Wildman–Crippen LogP) is 2.74. The number of aryl methyl sites for hydroxylation is 1. The molecule has 20 heavy (non-hydrogen) atoms. The molecule has 0 saturated carbocycles. The fraction of sp³-hybridized carbons (Fsp3) is 0.615. The number of oxazole rings is 1. The van der Waals surface area contributed by atoms with Crippen LogP contribution in [-0.2, 0) is 12.2 Å². The van der Waals surface area contributed by atoms with E-state index in [1.807, 2.05) is 0 Å². The van der Waals surface area contributed by atoms with Gasteiger partial charge >= 0.3 is 0 Å². The first-order valence-corrected chi connectivity index (χ1v) is 7.87. The minimum Gasteiger partial charge on any atom is -0.445 e. The zero-order chi connectivity index (χ0) is 14.5. The van der Waals surface area contributed by atoms with Gasteiger partial charge < -0.3 is 10.3 Å². The second kappa shape index (κ2) is 6.78. The molecule has 0 atom stereocenters. The van der Waals surface area contributed by atoms with Crippen molar-refractivity contribution in [2.45, 2.75) is 56.9 Å². The van der Waals surface area contributed by atoms with E-state index in [0.717, 1.165) is 30.8 Å². The quantitative estimate of drug-likeness (QED) is 0.624. The second-order valence-electron chi connectivity index (χ2n) is 4.97. The van der Waals surface area contributed by atoms with Crippen molar-refractivity contribution in [1.82, 2.24) is 19.9 Å². The molecule has 0 aromatic carbocycles. The highest BCUT2D eigenvalue weighted by molar-refractivity contribution is 7.98. The Bertz CT molecular complexity index is 549. The molecule has 2 rings (SSSR count). The number of aromatic nitrogens is 4. The van der Waals surface area contributed by atoms with Crippen LogP contribution in [0.1, 0.15) is 57.0 Å². The molecule has 0 saturated heterocycles. The summed E-state index contributed by atoms with van der Waals surface area (Å²) in [6, 6.07) is 0. The summed E-state index contributed by atoms with van der Waals surface area (Å²) in [5.74, 6) is 9.35. The summed E-state index contributed by atoms with van der Waals surface area (Å²) in [5, 5.41) is 8.92. The van der Waals surface area contributed by atoms with Crippen LogP contribution in [0.3, 0.4) is 0 Å². The molecule has 0 unspecified atom stereocenters. The van der Waals surface area contributed by atoms with Gasteiger partial charge in [0.15, 0.2) is 5.82 Å². The molecular formula is C13H21N5OS. The maximum Gasteiger partial charge on any atom is 0.210 e. The molecule has 6 nitrogen and oxygen atoms in total. The summed E-state index contributed by atoms with van der Waals surface area (Å²) >= 11 is 1.49. The number of thioether (sulfide) groups is 1. The van der Waals surface area contributed by atoms with E-state index in [4.69, 9.17) is 10.3 Å². The van der Waals surface area contributed by atoms with Crippen molar-refractivity contribution in [3.05, 3.63) is 23.7 Å². The lowest BCUT2D eigenvalue weighted by atomic mass is 10.2. The van der Waals surface area contributed by atoms with Crippen LogP contribution in [0.2, 0.25) is 0 Å². The number of nitrogen functional groups attached to an aromatic ring is 1. The number of rotatable bonds is 7. The summed E-state index contributed by atoms with van der Waals surface area (Å²) in [5.41, 5.74) is 0. The molecular weight excluding hydrogens is 274 g/mol. The van der Waals surface area contributed by atoms with Crippen molar-refractivity contribution >= 4 is 11.8 Å². The van der Waals surface area contributed by atoms with Crippen LogP contribution >= 0.6 is 11.8 Å². The summed E-state index contributed by atoms with van der Waals surface area (Å²) in [6.45, 7) is 6.30. The summed E-state index contributed by atoms with van der Waals surface area (Å²) in [7, 11) is 0. The molecule has 0 fully saturated rings. The standard InChI is InChI=1S/C13H21N5OS/c1-4-5-6-11-16-17-13(18(11)14)20-8-12-15-7-10(19-12)9(2)3/h7,9H,4-6,8,14H2,1-3H3. The third kappa shape index (κ3) is 3.53. The summed E-state index contributed by atoms with van der Waals surface area (Å²) in [4.78, 5) is 4.25. The number of hydrogen-bond acceptors (Lipinski definition) is 6. The lowest BCUT2D eigenvalue weighted by Gasteiger charge is -2.02. The Morgan fingerprint density at radius 1 is 1.40 bits per heavy atom. The highest BCUT2D eigenvalue weighted by Gasteiger charge is 2.12. The first kappa shape index (κ1) is 14.9. The van der Waals surface area contributed by atoms with E-state index in [9.17, 15) is 0 Å². The molecule has 2 N–H and O–H groups in total. The largest absolute Gasteiger partial charge is 0.445 e. The minimum absolute atomic E-state index is 0.347. The van der Waals surface area contributed by atoms with E-state index in [-0.39, 0.29) is 0 Å². The average Bonchev–Trinajstić information content (AvgIpc) is 3.02. The van der Waals surface area contributed by atoms with Crippen molar-refractivity contribution in [2.24, 2.45) is 0 Å². The zero-order valence-corrected chi connectivity index (χ0v) is 13.0. The molecule has 2 aromatic heterocycles. The highest BCUT2D eigenvalue weighted by atomic mass is 32.2. The van der Waals surface area contributed by atoms with E-state index >= 15 is 0 Å². The minimum atomic E-state index is 0.347. The number of unbranched alkanes of at least 4 members (excludes halogenated alkanes) is 1. The van der Waals surface area contributed by atoms with Gasteiger partial charge in [-0.3, -0.25) is 0 Å². The fourth-order valence-electron chi connectivity index (χ4n) is 1.70. The zero-order valence-electron chi connectivity index (χ0n) is 12.2. The van der Waals surface area contributed by atoms with Crippen molar-refractivity contribution in [1.29, 1.82) is 0 Å². The monoisotopic (exact) mass is 295 g/mol. The van der Waals surface area contributed by atoms with Gasteiger partial charge in [0.25, 0.3) is 0 Å². The van der Waals surface area contributed by atoms with Crippen LogP contribution in [-0.4, -0.2) is 19.9 Å². The van der Waals surface area contributed by atoms with Crippen LogP contribution in [0, 0.1) is 0 Å².